The van der Waals surface area contributed by atoms with E-state index < -0.39 is 10.0 Å². The molecule has 0 saturated heterocycles. The van der Waals surface area contributed by atoms with E-state index in [0.717, 1.165) is 12.4 Å². The molecular formula is C10H9BrClN5O2S. The Hall–Kier alpha value is -1.42. The van der Waals surface area contributed by atoms with Crippen LogP contribution in [0.25, 0.3) is 0 Å². The van der Waals surface area contributed by atoms with Gasteiger partial charge in [0.2, 0.25) is 5.95 Å². The summed E-state index contributed by atoms with van der Waals surface area (Å²) >= 11 is 9.12. The number of nitrogen functional groups attached to an aromatic ring is 1. The normalized spacial score (nSPS) is 11.2. The molecule has 0 aliphatic carbocycles. The second-order valence-corrected chi connectivity index (χ2v) is 6.57. The van der Waals surface area contributed by atoms with Gasteiger partial charge in [0.1, 0.15) is 4.90 Å². The summed E-state index contributed by atoms with van der Waals surface area (Å²) in [6.07, 6.45) is 2.29. The topological polar surface area (TPSA) is 110 Å². The quantitative estimate of drug-likeness (QED) is 0.554. The van der Waals surface area contributed by atoms with Crippen LogP contribution in [0.15, 0.2) is 40.0 Å². The highest BCUT2D eigenvalue weighted by Crippen LogP contribution is 2.26. The number of rotatable bonds is 4. The summed E-state index contributed by atoms with van der Waals surface area (Å²) in [6.45, 7) is 0. The van der Waals surface area contributed by atoms with E-state index in [1.807, 2.05) is 0 Å². The number of hydrogen-bond acceptors (Lipinski definition) is 6. The first-order valence-electron chi connectivity index (χ1n) is 5.19. The number of nitrogens with zero attached hydrogens (tertiary/aromatic N) is 2. The Kier molecular flexibility index (Phi) is 4.43. The molecule has 1 heterocycles. The number of nitrogens with two attached hydrogens (primary N) is 1. The van der Waals surface area contributed by atoms with Crippen LogP contribution in [0.5, 0.6) is 0 Å². The van der Waals surface area contributed by atoms with Crippen molar-refractivity contribution in [3.8, 4) is 0 Å². The van der Waals surface area contributed by atoms with E-state index in [-0.39, 0.29) is 10.8 Å². The Morgan fingerprint density at radius 2 is 1.90 bits per heavy atom. The Morgan fingerprint density at radius 3 is 2.45 bits per heavy atom. The largest absolute Gasteiger partial charge is 0.292 e. The van der Waals surface area contributed by atoms with E-state index in [0.29, 0.717) is 15.2 Å². The minimum atomic E-state index is -3.79. The molecule has 10 heteroatoms. The first-order chi connectivity index (χ1) is 9.42. The highest BCUT2D eigenvalue weighted by atomic mass is 79.9. The zero-order valence-corrected chi connectivity index (χ0v) is 13.0. The van der Waals surface area contributed by atoms with Gasteiger partial charge in [-0.25, -0.2) is 24.2 Å². The van der Waals surface area contributed by atoms with Crippen molar-refractivity contribution < 1.29 is 8.42 Å². The summed E-state index contributed by atoms with van der Waals surface area (Å²) in [5, 5.41) is 0.393. The molecule has 7 nitrogen and oxygen atoms in total. The minimum absolute atomic E-state index is 0.0875. The molecule has 0 radical (unpaired) electrons. The number of halogens is 2. The second-order valence-electron chi connectivity index (χ2n) is 3.62. The Balaban J connectivity index is 2.27. The van der Waals surface area contributed by atoms with Crippen LogP contribution in [-0.4, -0.2) is 18.4 Å². The molecule has 0 bridgehead atoms. The zero-order valence-electron chi connectivity index (χ0n) is 9.84. The third-order valence-electron chi connectivity index (χ3n) is 2.24. The summed E-state index contributed by atoms with van der Waals surface area (Å²) < 4.78 is 27.2. The maximum atomic E-state index is 12.1. The van der Waals surface area contributed by atoms with Gasteiger partial charge in [-0.2, -0.15) is 0 Å². The maximum Gasteiger partial charge on any atom is 0.264 e. The molecule has 0 amide bonds. The third-order valence-corrected chi connectivity index (χ3v) is 4.81. The molecule has 2 aromatic rings. The van der Waals surface area contributed by atoms with Crippen LogP contribution in [-0.2, 0) is 10.0 Å². The van der Waals surface area contributed by atoms with Crippen molar-refractivity contribution in [3.63, 3.8) is 0 Å². The number of anilines is 2. The van der Waals surface area contributed by atoms with Gasteiger partial charge in [-0.1, -0.05) is 11.6 Å². The molecule has 0 spiro atoms. The summed E-state index contributed by atoms with van der Waals surface area (Å²) in [4.78, 5) is 7.39. The van der Waals surface area contributed by atoms with Gasteiger partial charge in [-0.3, -0.25) is 10.1 Å². The summed E-state index contributed by atoms with van der Waals surface area (Å²) in [5.41, 5.74) is 2.54. The van der Waals surface area contributed by atoms with E-state index in [2.05, 4.69) is 36.0 Å². The number of hydrazine groups is 1. The Labute approximate surface area is 128 Å². The van der Waals surface area contributed by atoms with Gasteiger partial charge in [0.15, 0.2) is 0 Å². The summed E-state index contributed by atoms with van der Waals surface area (Å²) in [7, 11) is -3.79. The van der Waals surface area contributed by atoms with Crippen LogP contribution in [0.2, 0.25) is 5.02 Å². The molecular weight excluding hydrogens is 370 g/mol. The van der Waals surface area contributed by atoms with Gasteiger partial charge < -0.3 is 0 Å². The molecule has 4 N–H and O–H groups in total. The second kappa shape index (κ2) is 5.92. The molecule has 1 aromatic carbocycles. The molecule has 20 heavy (non-hydrogen) atoms. The Morgan fingerprint density at radius 1 is 1.25 bits per heavy atom. The van der Waals surface area contributed by atoms with Gasteiger partial charge in [-0.15, -0.1) is 0 Å². The van der Waals surface area contributed by atoms with E-state index in [9.17, 15) is 8.42 Å². The number of nitrogens with one attached hydrogen (secondary N) is 2. The van der Waals surface area contributed by atoms with E-state index in [1.54, 1.807) is 12.1 Å². The number of aromatic nitrogens is 2. The maximum absolute atomic E-state index is 12.1. The standard InChI is InChI=1S/C10H9BrClN5O2S/c11-8-2-1-6(3-9(8)12)17-20(18,19)7-4-14-10(16-13)15-5-7/h1-5,17H,13H2,(H,14,15,16). The Bertz CT molecular complexity index is 723. The van der Waals surface area contributed by atoms with Crippen molar-refractivity contribution in [1.29, 1.82) is 0 Å². The highest BCUT2D eigenvalue weighted by Gasteiger charge is 2.16. The lowest BCUT2D eigenvalue weighted by Gasteiger charge is -2.08. The average molecular weight is 379 g/mol. The van der Waals surface area contributed by atoms with Crippen molar-refractivity contribution in [1.82, 2.24) is 9.97 Å². The lowest BCUT2D eigenvalue weighted by molar-refractivity contribution is 0.600. The van der Waals surface area contributed by atoms with Gasteiger partial charge >= 0.3 is 0 Å². The van der Waals surface area contributed by atoms with Crippen LogP contribution < -0.4 is 16.0 Å². The molecule has 106 valence electrons. The van der Waals surface area contributed by atoms with Crippen molar-refractivity contribution >= 4 is 49.2 Å². The molecule has 0 atom stereocenters. The number of hydrogen-bond donors (Lipinski definition) is 3. The fraction of sp³-hybridized carbons (Fsp3) is 0. The predicted molar refractivity (Wildman–Crippen MR) is 79.8 cm³/mol. The number of sulfonamides is 1. The van der Waals surface area contributed by atoms with E-state index in [1.165, 1.54) is 6.07 Å². The fourth-order valence-corrected chi connectivity index (χ4v) is 2.67. The van der Waals surface area contributed by atoms with Crippen molar-refractivity contribution in [2.45, 2.75) is 4.90 Å². The van der Waals surface area contributed by atoms with Crippen molar-refractivity contribution in [2.24, 2.45) is 5.84 Å². The molecule has 2 rings (SSSR count). The molecule has 1 aromatic heterocycles. The average Bonchev–Trinajstić information content (AvgIpc) is 2.43. The number of benzene rings is 1. The predicted octanol–water partition coefficient (Wildman–Crippen LogP) is 1.98. The summed E-state index contributed by atoms with van der Waals surface area (Å²) in [5.74, 6) is 5.23. The van der Waals surface area contributed by atoms with Crippen LogP contribution in [0.1, 0.15) is 0 Å². The van der Waals surface area contributed by atoms with Gasteiger partial charge in [0, 0.05) is 4.47 Å². The SMILES string of the molecule is NNc1ncc(S(=O)(=O)Nc2ccc(Br)c(Cl)c2)cn1. The smallest absolute Gasteiger partial charge is 0.264 e. The van der Waals surface area contributed by atoms with Crippen LogP contribution in [0.3, 0.4) is 0 Å². The van der Waals surface area contributed by atoms with E-state index >= 15 is 0 Å². The molecule has 0 aliphatic heterocycles. The van der Waals surface area contributed by atoms with Crippen LogP contribution in [0, 0.1) is 0 Å². The van der Waals surface area contributed by atoms with Crippen molar-refractivity contribution in [2.75, 3.05) is 10.1 Å². The first-order valence-corrected chi connectivity index (χ1v) is 7.84. The van der Waals surface area contributed by atoms with Crippen LogP contribution in [0.4, 0.5) is 11.6 Å². The van der Waals surface area contributed by atoms with Crippen molar-refractivity contribution in [3.05, 3.63) is 40.1 Å². The van der Waals surface area contributed by atoms with Gasteiger partial charge in [-0.05, 0) is 34.1 Å². The first kappa shape index (κ1) is 15.0. The van der Waals surface area contributed by atoms with E-state index in [4.69, 9.17) is 17.4 Å². The molecule has 0 unspecified atom stereocenters. The monoisotopic (exact) mass is 377 g/mol. The third kappa shape index (κ3) is 3.37. The fourth-order valence-electron chi connectivity index (χ4n) is 1.30. The lowest BCUT2D eigenvalue weighted by Crippen LogP contribution is -2.15. The zero-order chi connectivity index (χ0) is 14.8. The molecule has 0 saturated carbocycles. The van der Waals surface area contributed by atoms with Gasteiger partial charge in [0.05, 0.1) is 23.1 Å². The minimum Gasteiger partial charge on any atom is -0.292 e. The molecule has 0 fully saturated rings. The molecule has 0 aliphatic rings. The van der Waals surface area contributed by atoms with Gasteiger partial charge in [0.25, 0.3) is 10.0 Å². The lowest BCUT2D eigenvalue weighted by atomic mass is 10.3. The van der Waals surface area contributed by atoms with Crippen LogP contribution >= 0.6 is 27.5 Å². The summed E-state index contributed by atoms with van der Waals surface area (Å²) in [6, 6.07) is 4.70. The highest BCUT2D eigenvalue weighted by molar-refractivity contribution is 9.10.